The number of rotatable bonds is 4. The number of nitrogens with one attached hydrogen (secondary N) is 1. The van der Waals surface area contributed by atoms with Crippen molar-refractivity contribution in [2.45, 2.75) is 12.0 Å². The van der Waals surface area contributed by atoms with Gasteiger partial charge in [-0.2, -0.15) is 0 Å². The molecule has 1 heterocycles. The molecule has 0 aromatic heterocycles. The lowest BCUT2D eigenvalue weighted by molar-refractivity contribution is -0.119. The molecule has 1 atom stereocenters. The third-order valence-corrected chi connectivity index (χ3v) is 3.86. The van der Waals surface area contributed by atoms with Crippen LogP contribution in [0.4, 0.5) is 17.6 Å². The summed E-state index contributed by atoms with van der Waals surface area (Å²) in [5, 5.41) is 11.3. The first kappa shape index (κ1) is 16.5. The van der Waals surface area contributed by atoms with Gasteiger partial charge in [0.15, 0.2) is 0 Å². The second kappa shape index (κ2) is 6.48. The standard InChI is InChI=1S/C13H15ClF4N2O/c14-11-9(16)2-1-8(15)10(11)12(13(17,18)7-21)20-5-3-19-4-6-20/h1-2,12,19,21H,3-7H2/t12-/m0/s1. The van der Waals surface area contributed by atoms with Gasteiger partial charge >= 0.3 is 0 Å². The van der Waals surface area contributed by atoms with Crippen molar-refractivity contribution in [3.05, 3.63) is 34.4 Å². The van der Waals surface area contributed by atoms with Gasteiger partial charge in [0.2, 0.25) is 0 Å². The normalized spacial score (nSPS) is 18.8. The van der Waals surface area contributed by atoms with E-state index in [4.69, 9.17) is 16.7 Å². The third kappa shape index (κ3) is 3.31. The summed E-state index contributed by atoms with van der Waals surface area (Å²) in [4.78, 5) is 1.30. The first-order valence-electron chi connectivity index (χ1n) is 6.45. The summed E-state index contributed by atoms with van der Waals surface area (Å²) in [6, 6.07) is -0.264. The van der Waals surface area contributed by atoms with Crippen molar-refractivity contribution in [2.24, 2.45) is 0 Å². The molecule has 1 aliphatic rings. The maximum absolute atomic E-state index is 14.1. The molecule has 118 valence electrons. The van der Waals surface area contributed by atoms with E-state index in [9.17, 15) is 17.6 Å². The second-order valence-corrected chi connectivity index (χ2v) is 5.24. The van der Waals surface area contributed by atoms with Crippen molar-refractivity contribution in [2.75, 3.05) is 32.8 Å². The topological polar surface area (TPSA) is 35.5 Å². The molecule has 1 aliphatic heterocycles. The van der Waals surface area contributed by atoms with E-state index in [1.165, 1.54) is 4.90 Å². The van der Waals surface area contributed by atoms with Crippen molar-refractivity contribution in [1.29, 1.82) is 0 Å². The maximum Gasteiger partial charge on any atom is 0.290 e. The molecule has 0 amide bonds. The van der Waals surface area contributed by atoms with E-state index in [2.05, 4.69) is 5.32 Å². The molecule has 0 radical (unpaired) electrons. The van der Waals surface area contributed by atoms with Gasteiger partial charge in [-0.25, -0.2) is 17.6 Å². The predicted molar refractivity (Wildman–Crippen MR) is 70.6 cm³/mol. The largest absolute Gasteiger partial charge is 0.390 e. The summed E-state index contributed by atoms with van der Waals surface area (Å²) in [5.41, 5.74) is -0.613. The zero-order valence-corrected chi connectivity index (χ0v) is 11.8. The fourth-order valence-electron chi connectivity index (χ4n) is 2.48. The number of halogens is 5. The smallest absolute Gasteiger partial charge is 0.290 e. The molecular formula is C13H15ClF4N2O. The fourth-order valence-corrected chi connectivity index (χ4v) is 2.74. The molecule has 0 saturated carbocycles. The maximum atomic E-state index is 14.1. The van der Waals surface area contributed by atoms with E-state index < -0.39 is 40.8 Å². The van der Waals surface area contributed by atoms with Gasteiger partial charge in [0.1, 0.15) is 24.3 Å². The summed E-state index contributed by atoms with van der Waals surface area (Å²) in [6.45, 7) is -0.175. The van der Waals surface area contributed by atoms with Crippen LogP contribution in [0.2, 0.25) is 5.02 Å². The quantitative estimate of drug-likeness (QED) is 0.658. The number of hydrogen-bond acceptors (Lipinski definition) is 3. The Kier molecular flexibility index (Phi) is 5.08. The number of piperazine rings is 1. The van der Waals surface area contributed by atoms with Crippen LogP contribution in [0.25, 0.3) is 0 Å². The number of hydrogen-bond donors (Lipinski definition) is 2. The van der Waals surface area contributed by atoms with E-state index in [-0.39, 0.29) is 13.1 Å². The highest BCUT2D eigenvalue weighted by atomic mass is 35.5. The molecule has 0 unspecified atom stereocenters. The van der Waals surface area contributed by atoms with Crippen LogP contribution in [0, 0.1) is 11.6 Å². The Morgan fingerprint density at radius 1 is 1.24 bits per heavy atom. The molecule has 1 fully saturated rings. The summed E-state index contributed by atoms with van der Waals surface area (Å²) in [6.07, 6.45) is 0. The molecular weight excluding hydrogens is 312 g/mol. The predicted octanol–water partition coefficient (Wildman–Crippen LogP) is 2.19. The number of aliphatic hydroxyl groups excluding tert-OH is 1. The Bertz CT molecular complexity index is 509. The van der Waals surface area contributed by atoms with E-state index in [0.717, 1.165) is 12.1 Å². The minimum Gasteiger partial charge on any atom is -0.390 e. The van der Waals surface area contributed by atoms with Crippen molar-refractivity contribution < 1.29 is 22.7 Å². The number of aliphatic hydroxyl groups is 1. The summed E-state index contributed by atoms with van der Waals surface area (Å²) in [5.74, 6) is -5.63. The Hall–Kier alpha value is -0.890. The Morgan fingerprint density at radius 3 is 2.38 bits per heavy atom. The van der Waals surface area contributed by atoms with Gasteiger partial charge in [-0.05, 0) is 12.1 Å². The SMILES string of the molecule is OCC(F)(F)[C@H](c1c(F)ccc(F)c1Cl)N1CCNCC1. The first-order valence-corrected chi connectivity index (χ1v) is 6.83. The summed E-state index contributed by atoms with van der Waals surface area (Å²) >= 11 is 5.70. The van der Waals surface area contributed by atoms with E-state index >= 15 is 0 Å². The number of alkyl halides is 2. The van der Waals surface area contributed by atoms with Crippen molar-refractivity contribution in [3.63, 3.8) is 0 Å². The molecule has 21 heavy (non-hydrogen) atoms. The first-order chi connectivity index (χ1) is 9.88. The highest BCUT2D eigenvalue weighted by Gasteiger charge is 2.46. The van der Waals surface area contributed by atoms with Gasteiger partial charge in [-0.3, -0.25) is 4.90 Å². The third-order valence-electron chi connectivity index (χ3n) is 3.48. The van der Waals surface area contributed by atoms with Crippen LogP contribution >= 0.6 is 11.6 Å². The Morgan fingerprint density at radius 2 is 1.81 bits per heavy atom. The number of benzene rings is 1. The highest BCUT2D eigenvalue weighted by Crippen LogP contribution is 2.41. The highest BCUT2D eigenvalue weighted by molar-refractivity contribution is 6.31. The molecule has 8 heteroatoms. The lowest BCUT2D eigenvalue weighted by Crippen LogP contribution is -2.51. The van der Waals surface area contributed by atoms with Crippen LogP contribution < -0.4 is 5.32 Å². The average molecular weight is 327 g/mol. The van der Waals surface area contributed by atoms with E-state index in [0.29, 0.717) is 13.1 Å². The Balaban J connectivity index is 2.52. The van der Waals surface area contributed by atoms with Crippen molar-refractivity contribution >= 4 is 11.6 Å². The van der Waals surface area contributed by atoms with Gasteiger partial charge in [-0.1, -0.05) is 11.6 Å². The minimum atomic E-state index is -3.64. The minimum absolute atomic E-state index is 0.215. The fraction of sp³-hybridized carbons (Fsp3) is 0.538. The lowest BCUT2D eigenvalue weighted by atomic mass is 9.97. The van der Waals surface area contributed by atoms with Gasteiger partial charge < -0.3 is 10.4 Å². The monoisotopic (exact) mass is 326 g/mol. The molecule has 0 spiro atoms. The van der Waals surface area contributed by atoms with Gasteiger partial charge in [-0.15, -0.1) is 0 Å². The zero-order chi connectivity index (χ0) is 15.6. The van der Waals surface area contributed by atoms with E-state index in [1.54, 1.807) is 0 Å². The van der Waals surface area contributed by atoms with E-state index in [1.807, 2.05) is 0 Å². The summed E-state index contributed by atoms with van der Waals surface area (Å²) < 4.78 is 55.8. The van der Waals surface area contributed by atoms with Crippen LogP contribution in [0.1, 0.15) is 11.6 Å². The Labute approximate surface area is 124 Å². The van der Waals surface area contributed by atoms with Crippen LogP contribution in [0.5, 0.6) is 0 Å². The molecule has 0 bridgehead atoms. The van der Waals surface area contributed by atoms with Crippen LogP contribution in [0.3, 0.4) is 0 Å². The summed E-state index contributed by atoms with van der Waals surface area (Å²) in [7, 11) is 0. The van der Waals surface area contributed by atoms with Crippen LogP contribution in [-0.2, 0) is 0 Å². The average Bonchev–Trinajstić information content (AvgIpc) is 2.48. The van der Waals surface area contributed by atoms with Gasteiger partial charge in [0, 0.05) is 31.7 Å². The molecule has 0 aliphatic carbocycles. The van der Waals surface area contributed by atoms with Crippen LogP contribution in [-0.4, -0.2) is 48.7 Å². The van der Waals surface area contributed by atoms with Gasteiger partial charge in [0.05, 0.1) is 5.02 Å². The molecule has 1 aromatic rings. The number of nitrogens with zero attached hydrogens (tertiary/aromatic N) is 1. The van der Waals surface area contributed by atoms with Gasteiger partial charge in [0.25, 0.3) is 5.92 Å². The van der Waals surface area contributed by atoms with Crippen molar-refractivity contribution in [1.82, 2.24) is 10.2 Å². The molecule has 3 nitrogen and oxygen atoms in total. The molecule has 1 saturated heterocycles. The van der Waals surface area contributed by atoms with Crippen LogP contribution in [0.15, 0.2) is 12.1 Å². The molecule has 2 N–H and O–H groups in total. The molecule has 2 rings (SSSR count). The lowest BCUT2D eigenvalue weighted by Gasteiger charge is -2.39. The molecule has 1 aromatic carbocycles. The second-order valence-electron chi connectivity index (χ2n) is 4.86. The zero-order valence-electron chi connectivity index (χ0n) is 11.1. The van der Waals surface area contributed by atoms with Crippen molar-refractivity contribution in [3.8, 4) is 0 Å².